The number of nitrogens with zero attached hydrogens (tertiary/aromatic N) is 1. The van der Waals surface area contributed by atoms with Crippen molar-refractivity contribution in [3.63, 3.8) is 0 Å². The van der Waals surface area contributed by atoms with Gasteiger partial charge in [0.05, 0.1) is 5.57 Å². The zero-order chi connectivity index (χ0) is 17.6. The number of nitrogens with one attached hydrogen (secondary N) is 2. The maximum atomic E-state index is 14.6. The van der Waals surface area contributed by atoms with Crippen LogP contribution in [0.2, 0.25) is 0 Å². The number of hydrogen-bond donors (Lipinski definition) is 3. The molecule has 4 rings (SSSR count). The monoisotopic (exact) mass is 335 g/mol. The van der Waals surface area contributed by atoms with E-state index in [4.69, 9.17) is 0 Å². The standard InChI is InChI=1S/C19H14FN3O2/c1-10-9-21-16(22-10)8-13-18-15(23-19(13)25)7-6-14(20)17(18)11-2-4-12(24)5-3-11/h2-9,24H,1H3,(H,21,22)(H,23,25). The van der Waals surface area contributed by atoms with E-state index in [-0.39, 0.29) is 11.7 Å². The largest absolute Gasteiger partial charge is 0.508 e. The summed E-state index contributed by atoms with van der Waals surface area (Å²) in [5, 5.41) is 12.2. The molecule has 5 nitrogen and oxygen atoms in total. The summed E-state index contributed by atoms with van der Waals surface area (Å²) in [5.74, 6) is -0.138. The van der Waals surface area contributed by atoms with E-state index in [2.05, 4.69) is 15.3 Å². The Morgan fingerprint density at radius 2 is 1.88 bits per heavy atom. The number of amides is 1. The van der Waals surface area contributed by atoms with E-state index in [1.165, 1.54) is 18.2 Å². The van der Waals surface area contributed by atoms with Gasteiger partial charge in [-0.3, -0.25) is 4.79 Å². The third kappa shape index (κ3) is 2.57. The molecular formula is C19H14FN3O2. The lowest BCUT2D eigenvalue weighted by atomic mass is 9.94. The number of hydrogen-bond acceptors (Lipinski definition) is 3. The number of imidazole rings is 1. The highest BCUT2D eigenvalue weighted by Gasteiger charge is 2.29. The fourth-order valence-corrected chi connectivity index (χ4v) is 2.96. The molecule has 1 aromatic heterocycles. The Labute approximate surface area is 142 Å². The molecule has 1 aliphatic heterocycles. The molecule has 3 aromatic rings. The molecule has 0 spiro atoms. The maximum Gasteiger partial charge on any atom is 0.256 e. The molecule has 6 heteroatoms. The highest BCUT2D eigenvalue weighted by Crippen LogP contribution is 2.42. The first-order valence-electron chi connectivity index (χ1n) is 7.70. The van der Waals surface area contributed by atoms with E-state index in [9.17, 15) is 14.3 Å². The van der Waals surface area contributed by atoms with Crippen LogP contribution < -0.4 is 5.32 Å². The van der Waals surface area contributed by atoms with Gasteiger partial charge in [-0.2, -0.15) is 0 Å². The summed E-state index contributed by atoms with van der Waals surface area (Å²) in [6.45, 7) is 1.86. The number of rotatable bonds is 2. The first-order valence-corrected chi connectivity index (χ1v) is 7.70. The summed E-state index contributed by atoms with van der Waals surface area (Å²) in [7, 11) is 0. The number of H-pyrrole nitrogens is 1. The van der Waals surface area contributed by atoms with Crippen LogP contribution in [-0.4, -0.2) is 21.0 Å². The minimum absolute atomic E-state index is 0.0905. The van der Waals surface area contributed by atoms with Crippen LogP contribution in [-0.2, 0) is 4.79 Å². The Bertz CT molecular complexity index is 1020. The highest BCUT2D eigenvalue weighted by atomic mass is 19.1. The van der Waals surface area contributed by atoms with Crippen LogP contribution in [0.15, 0.2) is 42.6 Å². The van der Waals surface area contributed by atoms with Gasteiger partial charge in [-0.25, -0.2) is 9.37 Å². The number of aromatic amines is 1. The highest BCUT2D eigenvalue weighted by molar-refractivity contribution is 6.36. The number of phenolic OH excluding ortho intramolecular Hbond substituents is 1. The molecule has 0 unspecified atom stereocenters. The van der Waals surface area contributed by atoms with Crippen molar-refractivity contribution < 1.29 is 14.3 Å². The molecule has 2 aromatic carbocycles. The predicted octanol–water partition coefficient (Wildman–Crippen LogP) is 3.72. The van der Waals surface area contributed by atoms with Crippen molar-refractivity contribution in [2.24, 2.45) is 0 Å². The lowest BCUT2D eigenvalue weighted by molar-refractivity contribution is -0.110. The van der Waals surface area contributed by atoms with Gasteiger partial charge in [0.15, 0.2) is 0 Å². The van der Waals surface area contributed by atoms with Gasteiger partial charge in [0, 0.05) is 28.7 Å². The number of aromatic nitrogens is 2. The average molecular weight is 335 g/mol. The molecule has 124 valence electrons. The second kappa shape index (κ2) is 5.59. The van der Waals surface area contributed by atoms with Gasteiger partial charge < -0.3 is 15.4 Å². The minimum atomic E-state index is -0.442. The molecular weight excluding hydrogens is 321 g/mol. The number of carbonyl (C=O) groups is 1. The van der Waals surface area contributed by atoms with Crippen LogP contribution in [0.4, 0.5) is 10.1 Å². The summed E-state index contributed by atoms with van der Waals surface area (Å²) in [4.78, 5) is 19.6. The Hall–Kier alpha value is -3.41. The number of benzene rings is 2. The number of anilines is 1. The van der Waals surface area contributed by atoms with Crippen molar-refractivity contribution >= 4 is 23.2 Å². The number of carbonyl (C=O) groups excluding carboxylic acids is 1. The smallest absolute Gasteiger partial charge is 0.256 e. The fourth-order valence-electron chi connectivity index (χ4n) is 2.96. The normalized spacial score (nSPS) is 14.6. The number of phenols is 1. The molecule has 0 radical (unpaired) electrons. The van der Waals surface area contributed by atoms with Crippen LogP contribution in [0.25, 0.3) is 22.8 Å². The molecule has 0 saturated carbocycles. The van der Waals surface area contributed by atoms with Gasteiger partial charge in [0.25, 0.3) is 5.91 Å². The van der Waals surface area contributed by atoms with Gasteiger partial charge in [0.2, 0.25) is 0 Å². The SMILES string of the molecule is Cc1cnc(C=C2C(=O)Nc3ccc(F)c(-c4ccc(O)cc4)c32)[nH]1. The lowest BCUT2D eigenvalue weighted by Crippen LogP contribution is -2.03. The zero-order valence-electron chi connectivity index (χ0n) is 13.3. The van der Waals surface area contributed by atoms with Gasteiger partial charge in [-0.05, 0) is 42.8 Å². The van der Waals surface area contributed by atoms with E-state index >= 15 is 0 Å². The summed E-state index contributed by atoms with van der Waals surface area (Å²) in [6, 6.07) is 9.06. The third-order valence-electron chi connectivity index (χ3n) is 4.08. The zero-order valence-corrected chi connectivity index (χ0v) is 13.3. The van der Waals surface area contributed by atoms with Crippen LogP contribution in [0.1, 0.15) is 17.1 Å². The van der Waals surface area contributed by atoms with E-state index in [1.807, 2.05) is 6.92 Å². The predicted molar refractivity (Wildman–Crippen MR) is 93.3 cm³/mol. The maximum absolute atomic E-state index is 14.6. The van der Waals surface area contributed by atoms with Gasteiger partial charge in [-0.1, -0.05) is 12.1 Å². The van der Waals surface area contributed by atoms with Crippen LogP contribution >= 0.6 is 0 Å². The topological polar surface area (TPSA) is 78.0 Å². The van der Waals surface area contributed by atoms with Gasteiger partial charge in [0.1, 0.15) is 17.4 Å². The second-order valence-electron chi connectivity index (χ2n) is 5.86. The molecule has 0 fully saturated rings. The van der Waals surface area contributed by atoms with Crippen molar-refractivity contribution in [2.45, 2.75) is 6.92 Å². The van der Waals surface area contributed by atoms with E-state index in [0.717, 1.165) is 5.69 Å². The number of fused-ring (bicyclic) bond motifs is 1. The Kier molecular flexibility index (Phi) is 3.39. The molecule has 25 heavy (non-hydrogen) atoms. The minimum Gasteiger partial charge on any atom is -0.508 e. The fraction of sp³-hybridized carbons (Fsp3) is 0.0526. The quantitative estimate of drug-likeness (QED) is 0.625. The van der Waals surface area contributed by atoms with Crippen molar-refractivity contribution in [3.05, 3.63) is 65.5 Å². The van der Waals surface area contributed by atoms with E-state index in [0.29, 0.717) is 33.8 Å². The number of aryl methyl sites for hydroxylation is 1. The van der Waals surface area contributed by atoms with Crippen molar-refractivity contribution in [1.82, 2.24) is 9.97 Å². The lowest BCUT2D eigenvalue weighted by Gasteiger charge is -2.10. The molecule has 0 aliphatic carbocycles. The average Bonchev–Trinajstić information content (AvgIpc) is 3.13. The molecule has 2 heterocycles. The second-order valence-corrected chi connectivity index (χ2v) is 5.86. The summed E-state index contributed by atoms with van der Waals surface area (Å²) >= 11 is 0. The Morgan fingerprint density at radius 3 is 2.56 bits per heavy atom. The summed E-state index contributed by atoms with van der Waals surface area (Å²) < 4.78 is 14.6. The molecule has 3 N–H and O–H groups in total. The molecule has 1 amide bonds. The van der Waals surface area contributed by atoms with Crippen LogP contribution in [0.5, 0.6) is 5.75 Å². The number of aromatic hydroxyl groups is 1. The van der Waals surface area contributed by atoms with Crippen molar-refractivity contribution in [1.29, 1.82) is 0 Å². The van der Waals surface area contributed by atoms with E-state index in [1.54, 1.807) is 30.5 Å². The first-order chi connectivity index (χ1) is 12.0. The van der Waals surface area contributed by atoms with Crippen LogP contribution in [0, 0.1) is 12.7 Å². The Balaban J connectivity index is 1.94. The van der Waals surface area contributed by atoms with Gasteiger partial charge in [-0.15, -0.1) is 0 Å². The van der Waals surface area contributed by atoms with Crippen molar-refractivity contribution in [3.8, 4) is 16.9 Å². The summed E-state index contributed by atoms with van der Waals surface area (Å²) in [5.41, 5.74) is 3.12. The van der Waals surface area contributed by atoms with Crippen LogP contribution in [0.3, 0.4) is 0 Å². The van der Waals surface area contributed by atoms with E-state index < -0.39 is 5.82 Å². The molecule has 1 aliphatic rings. The van der Waals surface area contributed by atoms with Crippen molar-refractivity contribution in [2.75, 3.05) is 5.32 Å². The molecule has 0 atom stereocenters. The Morgan fingerprint density at radius 1 is 1.12 bits per heavy atom. The number of halogens is 1. The molecule has 0 saturated heterocycles. The summed E-state index contributed by atoms with van der Waals surface area (Å²) in [6.07, 6.45) is 3.27. The molecule has 0 bridgehead atoms. The third-order valence-corrected chi connectivity index (χ3v) is 4.08. The van der Waals surface area contributed by atoms with Gasteiger partial charge >= 0.3 is 0 Å². The first kappa shape index (κ1) is 15.1.